The summed E-state index contributed by atoms with van der Waals surface area (Å²) in [6, 6.07) is 4.72. The molecule has 2 aliphatic rings. The van der Waals surface area contributed by atoms with Crippen LogP contribution in [0.3, 0.4) is 0 Å². The summed E-state index contributed by atoms with van der Waals surface area (Å²) in [7, 11) is -0.543. The third-order valence-corrected chi connectivity index (χ3v) is 5.54. The van der Waals surface area contributed by atoms with E-state index in [9.17, 15) is 14.7 Å². The Morgan fingerprint density at radius 1 is 1.28 bits per heavy atom. The average Bonchev–Trinajstić information content (AvgIpc) is 2.94. The largest absolute Gasteiger partial charge is 0.494 e. The number of benzene rings is 1. The van der Waals surface area contributed by atoms with Crippen molar-refractivity contribution in [1.82, 2.24) is 4.90 Å². The van der Waals surface area contributed by atoms with Gasteiger partial charge >= 0.3 is 13.1 Å². The molecule has 1 fully saturated rings. The maximum atomic E-state index is 12.7. The van der Waals surface area contributed by atoms with Gasteiger partial charge in [0.05, 0.1) is 11.2 Å². The zero-order chi connectivity index (χ0) is 18.6. The van der Waals surface area contributed by atoms with E-state index in [1.54, 1.807) is 13.0 Å². The fraction of sp³-hybridized carbons (Fsp3) is 0.556. The number of amides is 1. The molecule has 0 radical (unpaired) electrons. The van der Waals surface area contributed by atoms with Crippen LogP contribution >= 0.6 is 0 Å². The SMILES string of the molecule is CC[C@H](C(=O)O)N1Cc2ccc(B3OC(C)(C)C(C)(C)O3)cc2C1=O. The third-order valence-electron chi connectivity index (χ3n) is 5.54. The smallest absolute Gasteiger partial charge is 0.480 e. The molecule has 7 heteroatoms. The molecule has 0 bridgehead atoms. The Kier molecular flexibility index (Phi) is 4.20. The first kappa shape index (κ1) is 18.0. The molecule has 2 aliphatic heterocycles. The molecule has 0 spiro atoms. The minimum atomic E-state index is -0.977. The van der Waals surface area contributed by atoms with Crippen molar-refractivity contribution in [2.45, 2.75) is 64.8 Å². The number of carbonyl (C=O) groups is 2. The summed E-state index contributed by atoms with van der Waals surface area (Å²) in [5.41, 5.74) is 1.24. The zero-order valence-corrected chi connectivity index (χ0v) is 15.3. The molecule has 1 amide bonds. The summed E-state index contributed by atoms with van der Waals surface area (Å²) in [6.07, 6.45) is 0.374. The normalized spacial score (nSPS) is 22.2. The number of fused-ring (bicyclic) bond motifs is 1. The van der Waals surface area contributed by atoms with E-state index in [0.717, 1.165) is 11.0 Å². The third kappa shape index (κ3) is 2.85. The standard InChI is InChI=1S/C18H24BNO5/c1-6-14(16(22)23)20-10-11-7-8-12(9-13(11)15(20)21)19-24-17(2,3)18(4,5)25-19/h7-9,14H,6,10H2,1-5H3,(H,22,23)/t14-/m1/s1. The monoisotopic (exact) mass is 345 g/mol. The number of carbonyl (C=O) groups excluding carboxylic acids is 1. The molecule has 1 atom stereocenters. The summed E-state index contributed by atoms with van der Waals surface area (Å²) in [5, 5.41) is 9.34. The van der Waals surface area contributed by atoms with Crippen LogP contribution in [0.1, 0.15) is 57.0 Å². The van der Waals surface area contributed by atoms with E-state index >= 15 is 0 Å². The van der Waals surface area contributed by atoms with Gasteiger partial charge in [-0.1, -0.05) is 19.1 Å². The maximum Gasteiger partial charge on any atom is 0.494 e. The van der Waals surface area contributed by atoms with Gasteiger partial charge in [-0.3, -0.25) is 4.79 Å². The van der Waals surface area contributed by atoms with E-state index in [-0.39, 0.29) is 5.91 Å². The lowest BCUT2D eigenvalue weighted by Crippen LogP contribution is -2.41. The summed E-state index contributed by atoms with van der Waals surface area (Å²) in [5.74, 6) is -1.22. The Morgan fingerprint density at radius 2 is 1.88 bits per heavy atom. The maximum absolute atomic E-state index is 12.7. The van der Waals surface area contributed by atoms with Crippen LogP contribution in [0.5, 0.6) is 0 Å². The predicted octanol–water partition coefficient (Wildman–Crippen LogP) is 1.80. The summed E-state index contributed by atoms with van der Waals surface area (Å²) in [4.78, 5) is 25.5. The van der Waals surface area contributed by atoms with Crippen LogP contribution in [0.2, 0.25) is 0 Å². The zero-order valence-electron chi connectivity index (χ0n) is 15.3. The summed E-state index contributed by atoms with van der Waals surface area (Å²) in [6.45, 7) is 10.0. The van der Waals surface area contributed by atoms with Gasteiger partial charge in [-0.15, -0.1) is 0 Å². The van der Waals surface area contributed by atoms with Crippen LogP contribution in [-0.4, -0.2) is 46.2 Å². The number of nitrogens with zero attached hydrogens (tertiary/aromatic N) is 1. The Morgan fingerprint density at radius 3 is 2.40 bits per heavy atom. The van der Waals surface area contributed by atoms with Gasteiger partial charge in [-0.05, 0) is 51.2 Å². The number of rotatable bonds is 4. The second kappa shape index (κ2) is 5.85. The fourth-order valence-electron chi connectivity index (χ4n) is 3.25. The first-order chi connectivity index (χ1) is 11.6. The van der Waals surface area contributed by atoms with E-state index < -0.39 is 30.3 Å². The Bertz CT molecular complexity index is 714. The molecular weight excluding hydrogens is 321 g/mol. The minimum Gasteiger partial charge on any atom is -0.480 e. The molecular formula is C18H24BNO5. The molecule has 1 aromatic rings. The number of carboxylic acid groups (broad SMARTS) is 1. The highest BCUT2D eigenvalue weighted by atomic mass is 16.7. The molecule has 134 valence electrons. The molecule has 1 N–H and O–H groups in total. The van der Waals surface area contributed by atoms with Crippen LogP contribution in [-0.2, 0) is 20.6 Å². The molecule has 0 aromatic heterocycles. The molecule has 1 aromatic carbocycles. The van der Waals surface area contributed by atoms with Crippen molar-refractivity contribution in [2.75, 3.05) is 0 Å². The highest BCUT2D eigenvalue weighted by Crippen LogP contribution is 2.36. The molecule has 0 unspecified atom stereocenters. The van der Waals surface area contributed by atoms with Crippen molar-refractivity contribution in [3.05, 3.63) is 29.3 Å². The van der Waals surface area contributed by atoms with Crippen LogP contribution in [0, 0.1) is 0 Å². The van der Waals surface area contributed by atoms with Gasteiger partial charge in [-0.25, -0.2) is 4.79 Å². The van der Waals surface area contributed by atoms with Crippen molar-refractivity contribution in [3.63, 3.8) is 0 Å². The highest BCUT2D eigenvalue weighted by Gasteiger charge is 2.52. The molecule has 2 heterocycles. The molecule has 0 saturated carbocycles. The van der Waals surface area contributed by atoms with Gasteiger partial charge in [-0.2, -0.15) is 0 Å². The lowest BCUT2D eigenvalue weighted by atomic mass is 9.78. The average molecular weight is 345 g/mol. The van der Waals surface area contributed by atoms with E-state index in [1.807, 2.05) is 39.8 Å². The van der Waals surface area contributed by atoms with E-state index in [2.05, 4.69) is 0 Å². The van der Waals surface area contributed by atoms with Crippen LogP contribution in [0.25, 0.3) is 0 Å². The topological polar surface area (TPSA) is 76.1 Å². The van der Waals surface area contributed by atoms with Gasteiger partial charge in [0.2, 0.25) is 0 Å². The highest BCUT2D eigenvalue weighted by molar-refractivity contribution is 6.62. The van der Waals surface area contributed by atoms with Crippen molar-refractivity contribution < 1.29 is 24.0 Å². The van der Waals surface area contributed by atoms with Crippen LogP contribution < -0.4 is 5.46 Å². The van der Waals surface area contributed by atoms with Gasteiger partial charge in [0, 0.05) is 12.1 Å². The first-order valence-corrected chi connectivity index (χ1v) is 8.59. The van der Waals surface area contributed by atoms with E-state index in [4.69, 9.17) is 9.31 Å². The molecule has 1 saturated heterocycles. The van der Waals surface area contributed by atoms with Crippen molar-refractivity contribution in [1.29, 1.82) is 0 Å². The van der Waals surface area contributed by atoms with Gasteiger partial charge in [0.25, 0.3) is 5.91 Å². The van der Waals surface area contributed by atoms with Gasteiger partial charge < -0.3 is 19.3 Å². The summed E-state index contributed by atoms with van der Waals surface area (Å²) >= 11 is 0. The first-order valence-electron chi connectivity index (χ1n) is 8.59. The molecule has 3 rings (SSSR count). The van der Waals surface area contributed by atoms with Crippen LogP contribution in [0.4, 0.5) is 0 Å². The minimum absolute atomic E-state index is 0.248. The van der Waals surface area contributed by atoms with Crippen molar-refractivity contribution >= 4 is 24.5 Å². The Balaban J connectivity index is 1.88. The summed E-state index contributed by atoms with van der Waals surface area (Å²) < 4.78 is 12.1. The molecule has 25 heavy (non-hydrogen) atoms. The number of hydrogen-bond donors (Lipinski definition) is 1. The van der Waals surface area contributed by atoms with E-state index in [0.29, 0.717) is 18.5 Å². The second-order valence-electron chi connectivity index (χ2n) is 7.70. The van der Waals surface area contributed by atoms with Gasteiger partial charge in [0.15, 0.2) is 0 Å². The van der Waals surface area contributed by atoms with Crippen LogP contribution in [0.15, 0.2) is 18.2 Å². The number of carboxylic acids is 1. The van der Waals surface area contributed by atoms with Crippen molar-refractivity contribution in [2.24, 2.45) is 0 Å². The lowest BCUT2D eigenvalue weighted by molar-refractivity contribution is -0.142. The van der Waals surface area contributed by atoms with Crippen molar-refractivity contribution in [3.8, 4) is 0 Å². The molecule has 6 nitrogen and oxygen atoms in total. The number of hydrogen-bond acceptors (Lipinski definition) is 4. The Labute approximate surface area is 148 Å². The Hall–Kier alpha value is -1.86. The predicted molar refractivity (Wildman–Crippen MR) is 93.7 cm³/mol. The lowest BCUT2D eigenvalue weighted by Gasteiger charge is -2.32. The fourth-order valence-corrected chi connectivity index (χ4v) is 3.25. The van der Waals surface area contributed by atoms with E-state index in [1.165, 1.54) is 4.90 Å². The second-order valence-corrected chi connectivity index (χ2v) is 7.70. The quantitative estimate of drug-likeness (QED) is 0.843. The molecule has 0 aliphatic carbocycles. The number of aliphatic carboxylic acids is 1. The van der Waals surface area contributed by atoms with Gasteiger partial charge in [0.1, 0.15) is 6.04 Å².